The van der Waals surface area contributed by atoms with Crippen molar-refractivity contribution < 1.29 is 9.59 Å². The van der Waals surface area contributed by atoms with E-state index in [4.69, 9.17) is 11.6 Å². The smallest absolute Gasteiger partial charge is 0.282 e. The van der Waals surface area contributed by atoms with Gasteiger partial charge in [-0.2, -0.15) is 0 Å². The van der Waals surface area contributed by atoms with Crippen LogP contribution in [0.25, 0.3) is 5.57 Å². The average Bonchev–Trinajstić information content (AvgIpc) is 3.02. The molecule has 3 aromatic rings. The fraction of sp³-hybridized carbons (Fsp3) is 0.154. The Kier molecular flexibility index (Phi) is 5.66. The van der Waals surface area contributed by atoms with E-state index >= 15 is 0 Å². The Morgan fingerprint density at radius 3 is 2.16 bits per heavy atom. The van der Waals surface area contributed by atoms with Gasteiger partial charge >= 0.3 is 0 Å². The van der Waals surface area contributed by atoms with Gasteiger partial charge in [0.05, 0.1) is 11.3 Å². The van der Waals surface area contributed by atoms with Crippen molar-refractivity contribution in [3.63, 3.8) is 0 Å². The second-order valence-corrected chi connectivity index (χ2v) is 8.22. The average molecular weight is 431 g/mol. The number of nitrogens with zero attached hydrogens (tertiary/aromatic N) is 2. The third kappa shape index (κ3) is 3.99. The van der Waals surface area contributed by atoms with Gasteiger partial charge in [-0.1, -0.05) is 60.1 Å². The normalized spacial score (nSPS) is 13.9. The number of halogens is 1. The lowest BCUT2D eigenvalue weighted by atomic mass is 10.0. The van der Waals surface area contributed by atoms with Gasteiger partial charge < -0.3 is 4.90 Å². The largest absolute Gasteiger partial charge is 0.365 e. The maximum absolute atomic E-state index is 13.6. The number of hydrogen-bond donors (Lipinski definition) is 0. The van der Waals surface area contributed by atoms with Crippen LogP contribution in [0.1, 0.15) is 22.3 Å². The van der Waals surface area contributed by atoms with Crippen LogP contribution in [0.15, 0.2) is 78.5 Å². The van der Waals surface area contributed by atoms with Crippen LogP contribution in [0.2, 0.25) is 5.02 Å². The number of anilines is 1. The fourth-order valence-electron chi connectivity index (χ4n) is 3.78. The van der Waals surface area contributed by atoms with Gasteiger partial charge in [-0.25, -0.2) is 4.90 Å². The summed E-state index contributed by atoms with van der Waals surface area (Å²) in [7, 11) is 1.84. The molecule has 3 aromatic carbocycles. The second kappa shape index (κ2) is 8.40. The number of carbonyl (C=O) groups is 2. The van der Waals surface area contributed by atoms with Gasteiger partial charge in [0.2, 0.25) is 0 Å². The van der Waals surface area contributed by atoms with E-state index < -0.39 is 0 Å². The van der Waals surface area contributed by atoms with E-state index in [1.165, 1.54) is 4.90 Å². The molecule has 0 saturated heterocycles. The van der Waals surface area contributed by atoms with Gasteiger partial charge in [0.1, 0.15) is 5.70 Å². The van der Waals surface area contributed by atoms with Crippen LogP contribution >= 0.6 is 11.6 Å². The van der Waals surface area contributed by atoms with Crippen LogP contribution in [-0.2, 0) is 16.1 Å². The Balaban J connectivity index is 1.80. The Morgan fingerprint density at radius 2 is 1.52 bits per heavy atom. The van der Waals surface area contributed by atoms with E-state index in [0.717, 1.165) is 16.7 Å². The number of benzene rings is 3. The Labute approximate surface area is 187 Å². The molecule has 4 rings (SSSR count). The molecule has 1 aliphatic rings. The SMILES string of the molecule is Cc1ccc(N2C(=O)C(c3ccc(Cl)cc3)=C(N(C)Cc3ccccc3)C2=O)cc1C. The standard InChI is InChI=1S/C26H23ClN2O2/c1-17-9-14-22(15-18(17)2)29-25(30)23(20-10-12-21(27)13-11-20)24(26(29)31)28(3)16-19-7-5-4-6-8-19/h4-15H,16H2,1-3H3. The number of amides is 2. The highest BCUT2D eigenvalue weighted by atomic mass is 35.5. The fourth-order valence-corrected chi connectivity index (χ4v) is 3.91. The first-order chi connectivity index (χ1) is 14.9. The number of carbonyl (C=O) groups excluding carboxylic acids is 2. The van der Waals surface area contributed by atoms with E-state index in [-0.39, 0.29) is 11.8 Å². The molecule has 31 heavy (non-hydrogen) atoms. The molecule has 0 unspecified atom stereocenters. The zero-order chi connectivity index (χ0) is 22.1. The molecular weight excluding hydrogens is 408 g/mol. The quantitative estimate of drug-likeness (QED) is 0.511. The Bertz CT molecular complexity index is 1180. The first-order valence-electron chi connectivity index (χ1n) is 10.1. The molecule has 0 fully saturated rings. The van der Waals surface area contributed by atoms with E-state index in [0.29, 0.717) is 34.1 Å². The monoisotopic (exact) mass is 430 g/mol. The lowest BCUT2D eigenvalue weighted by Crippen LogP contribution is -2.34. The van der Waals surface area contributed by atoms with E-state index in [9.17, 15) is 9.59 Å². The van der Waals surface area contributed by atoms with Crippen LogP contribution in [0.5, 0.6) is 0 Å². The zero-order valence-electron chi connectivity index (χ0n) is 17.7. The molecule has 1 heterocycles. The predicted octanol–water partition coefficient (Wildman–Crippen LogP) is 5.37. The summed E-state index contributed by atoms with van der Waals surface area (Å²) in [6.45, 7) is 4.48. The van der Waals surface area contributed by atoms with Gasteiger partial charge in [-0.05, 0) is 60.4 Å². The minimum atomic E-state index is -0.328. The molecule has 0 aliphatic carbocycles. The van der Waals surface area contributed by atoms with Crippen molar-refractivity contribution in [3.05, 3.63) is 106 Å². The van der Waals surface area contributed by atoms with Crippen molar-refractivity contribution >= 4 is 34.7 Å². The number of aryl methyl sites for hydroxylation is 2. The van der Waals surface area contributed by atoms with Crippen molar-refractivity contribution in [1.82, 2.24) is 4.90 Å². The maximum Gasteiger partial charge on any atom is 0.282 e. The summed E-state index contributed by atoms with van der Waals surface area (Å²) in [5.41, 5.74) is 5.20. The molecule has 0 saturated carbocycles. The van der Waals surface area contributed by atoms with Crippen molar-refractivity contribution in [1.29, 1.82) is 0 Å². The number of imide groups is 1. The van der Waals surface area contributed by atoms with Gasteiger partial charge in [-0.15, -0.1) is 0 Å². The summed E-state index contributed by atoms with van der Waals surface area (Å²) in [6.07, 6.45) is 0. The van der Waals surface area contributed by atoms with Crippen molar-refractivity contribution in [2.45, 2.75) is 20.4 Å². The molecule has 0 spiro atoms. The van der Waals surface area contributed by atoms with Gasteiger partial charge in [0.25, 0.3) is 11.8 Å². The van der Waals surface area contributed by atoms with Crippen LogP contribution in [0, 0.1) is 13.8 Å². The summed E-state index contributed by atoms with van der Waals surface area (Å²) in [4.78, 5) is 30.2. The summed E-state index contributed by atoms with van der Waals surface area (Å²) in [6, 6.07) is 22.5. The Hall–Kier alpha value is -3.37. The van der Waals surface area contributed by atoms with Crippen LogP contribution in [0.4, 0.5) is 5.69 Å². The lowest BCUT2D eigenvalue weighted by Gasteiger charge is -2.22. The summed E-state index contributed by atoms with van der Waals surface area (Å²) in [5, 5.41) is 0.575. The Morgan fingerprint density at radius 1 is 0.839 bits per heavy atom. The van der Waals surface area contributed by atoms with Gasteiger partial charge in [0, 0.05) is 18.6 Å². The molecule has 0 aromatic heterocycles. The van der Waals surface area contributed by atoms with Crippen LogP contribution in [0.3, 0.4) is 0 Å². The highest BCUT2D eigenvalue weighted by Crippen LogP contribution is 2.35. The highest BCUT2D eigenvalue weighted by molar-refractivity contribution is 6.45. The van der Waals surface area contributed by atoms with Crippen LogP contribution < -0.4 is 4.90 Å². The third-order valence-corrected chi connectivity index (χ3v) is 5.84. The first-order valence-corrected chi connectivity index (χ1v) is 10.5. The molecular formula is C26H23ClN2O2. The van der Waals surface area contributed by atoms with Crippen molar-refractivity contribution in [3.8, 4) is 0 Å². The molecule has 4 nitrogen and oxygen atoms in total. The molecule has 2 amide bonds. The molecule has 156 valence electrons. The van der Waals surface area contributed by atoms with Crippen molar-refractivity contribution in [2.75, 3.05) is 11.9 Å². The number of rotatable bonds is 5. The molecule has 1 aliphatic heterocycles. The highest BCUT2D eigenvalue weighted by Gasteiger charge is 2.41. The number of likely N-dealkylation sites (N-methyl/N-ethyl adjacent to an activating group) is 1. The second-order valence-electron chi connectivity index (χ2n) is 7.79. The van der Waals surface area contributed by atoms with E-state index in [1.807, 2.05) is 74.3 Å². The van der Waals surface area contributed by atoms with Crippen LogP contribution in [-0.4, -0.2) is 23.8 Å². The first kappa shape index (κ1) is 20.9. The van der Waals surface area contributed by atoms with Crippen molar-refractivity contribution in [2.24, 2.45) is 0 Å². The zero-order valence-corrected chi connectivity index (χ0v) is 18.5. The molecule has 5 heteroatoms. The molecule has 0 N–H and O–H groups in total. The molecule has 0 atom stereocenters. The minimum absolute atomic E-state index is 0.323. The topological polar surface area (TPSA) is 40.6 Å². The van der Waals surface area contributed by atoms with E-state index in [2.05, 4.69) is 0 Å². The summed E-state index contributed by atoms with van der Waals surface area (Å²) in [5.74, 6) is -0.651. The lowest BCUT2D eigenvalue weighted by molar-refractivity contribution is -0.120. The third-order valence-electron chi connectivity index (χ3n) is 5.59. The maximum atomic E-state index is 13.6. The summed E-state index contributed by atoms with van der Waals surface area (Å²) >= 11 is 6.06. The van der Waals surface area contributed by atoms with Gasteiger partial charge in [0.15, 0.2) is 0 Å². The minimum Gasteiger partial charge on any atom is -0.365 e. The van der Waals surface area contributed by atoms with Gasteiger partial charge in [-0.3, -0.25) is 9.59 Å². The predicted molar refractivity (Wildman–Crippen MR) is 125 cm³/mol. The number of hydrogen-bond acceptors (Lipinski definition) is 3. The van der Waals surface area contributed by atoms with E-state index in [1.54, 1.807) is 24.3 Å². The molecule has 0 radical (unpaired) electrons. The summed E-state index contributed by atoms with van der Waals surface area (Å²) < 4.78 is 0. The molecule has 0 bridgehead atoms.